The largest absolute Gasteiger partial charge is 0.290 e. The molecule has 0 fully saturated rings. The summed E-state index contributed by atoms with van der Waals surface area (Å²) < 4.78 is 0. The molecule has 0 saturated carbocycles. The Bertz CT molecular complexity index is 951. The van der Waals surface area contributed by atoms with Gasteiger partial charge in [-0.05, 0) is 11.6 Å². The molecular weight excluding hydrogens is 308 g/mol. The number of hydrogen-bond donors (Lipinski definition) is 3. The second-order valence-corrected chi connectivity index (χ2v) is 5.11. The zero-order valence-electron chi connectivity index (χ0n) is 12.6. The predicted molar refractivity (Wildman–Crippen MR) is 88.1 cm³/mol. The molecule has 2 aromatic carbocycles. The number of nitrogens with one attached hydrogen (secondary N) is 3. The summed E-state index contributed by atoms with van der Waals surface area (Å²) in [4.78, 5) is 35.8. The fourth-order valence-electron chi connectivity index (χ4n) is 2.30. The summed E-state index contributed by atoms with van der Waals surface area (Å²) >= 11 is 0. The summed E-state index contributed by atoms with van der Waals surface area (Å²) in [6.45, 7) is 0. The zero-order valence-corrected chi connectivity index (χ0v) is 12.6. The van der Waals surface area contributed by atoms with E-state index in [0.717, 1.165) is 5.56 Å². The average Bonchev–Trinajstić information content (AvgIpc) is 2.61. The molecule has 0 aliphatic rings. The number of aromatic amines is 1. The van der Waals surface area contributed by atoms with Gasteiger partial charge in [-0.2, -0.15) is 5.10 Å². The molecule has 3 aromatic rings. The molecule has 2 amide bonds. The molecule has 7 heteroatoms. The van der Waals surface area contributed by atoms with Crippen molar-refractivity contribution >= 4 is 22.6 Å². The van der Waals surface area contributed by atoms with Gasteiger partial charge in [-0.1, -0.05) is 48.5 Å². The molecule has 0 spiro atoms. The van der Waals surface area contributed by atoms with Crippen LogP contribution in [0.5, 0.6) is 0 Å². The SMILES string of the molecule is O=C(Cc1ccccc1)NNC(=O)c1n[nH]c(=O)c2ccccc12. The molecule has 3 N–H and O–H groups in total. The molecule has 3 rings (SSSR count). The maximum absolute atomic E-state index is 12.2. The van der Waals surface area contributed by atoms with Crippen molar-refractivity contribution in [2.75, 3.05) is 0 Å². The lowest BCUT2D eigenvalue weighted by Crippen LogP contribution is -2.43. The number of hydrazine groups is 1. The van der Waals surface area contributed by atoms with Crippen LogP contribution in [-0.4, -0.2) is 22.0 Å². The third kappa shape index (κ3) is 3.30. The molecule has 0 unspecified atom stereocenters. The molecular formula is C17H14N4O3. The number of carbonyl (C=O) groups is 2. The van der Waals surface area contributed by atoms with Crippen molar-refractivity contribution in [2.45, 2.75) is 6.42 Å². The Morgan fingerprint density at radius 2 is 1.58 bits per heavy atom. The van der Waals surface area contributed by atoms with E-state index in [0.29, 0.717) is 10.8 Å². The normalized spacial score (nSPS) is 10.3. The maximum Gasteiger partial charge on any atom is 0.290 e. The highest BCUT2D eigenvalue weighted by atomic mass is 16.2. The number of fused-ring (bicyclic) bond motifs is 1. The number of H-pyrrole nitrogens is 1. The zero-order chi connectivity index (χ0) is 16.9. The maximum atomic E-state index is 12.2. The Kier molecular flexibility index (Phi) is 4.33. The molecule has 7 nitrogen and oxygen atoms in total. The quantitative estimate of drug-likeness (QED) is 0.624. The lowest BCUT2D eigenvalue weighted by Gasteiger charge is -2.08. The van der Waals surface area contributed by atoms with E-state index in [1.165, 1.54) is 0 Å². The van der Waals surface area contributed by atoms with E-state index in [9.17, 15) is 14.4 Å². The molecule has 0 radical (unpaired) electrons. The van der Waals surface area contributed by atoms with Crippen molar-refractivity contribution < 1.29 is 9.59 Å². The van der Waals surface area contributed by atoms with Gasteiger partial charge in [0.15, 0.2) is 5.69 Å². The first-order valence-electron chi connectivity index (χ1n) is 7.25. The van der Waals surface area contributed by atoms with E-state index in [1.54, 1.807) is 24.3 Å². The minimum absolute atomic E-state index is 0.0326. The second kappa shape index (κ2) is 6.74. The molecule has 0 bridgehead atoms. The van der Waals surface area contributed by atoms with Gasteiger partial charge in [-0.3, -0.25) is 25.2 Å². The van der Waals surface area contributed by atoms with Crippen LogP contribution in [0, 0.1) is 0 Å². The fourth-order valence-corrected chi connectivity index (χ4v) is 2.30. The number of hydrogen-bond acceptors (Lipinski definition) is 4. The Morgan fingerprint density at radius 1 is 0.917 bits per heavy atom. The van der Waals surface area contributed by atoms with Gasteiger partial charge in [0.25, 0.3) is 11.5 Å². The van der Waals surface area contributed by atoms with E-state index in [-0.39, 0.29) is 23.6 Å². The first-order valence-corrected chi connectivity index (χ1v) is 7.25. The van der Waals surface area contributed by atoms with Crippen molar-refractivity contribution in [2.24, 2.45) is 0 Å². The third-order valence-corrected chi connectivity index (χ3v) is 3.43. The minimum atomic E-state index is -0.608. The number of amides is 2. The Labute approximate surface area is 136 Å². The van der Waals surface area contributed by atoms with E-state index in [2.05, 4.69) is 21.0 Å². The van der Waals surface area contributed by atoms with Crippen LogP contribution in [-0.2, 0) is 11.2 Å². The molecule has 0 aliphatic heterocycles. The van der Waals surface area contributed by atoms with Crippen molar-refractivity contribution in [3.8, 4) is 0 Å². The van der Waals surface area contributed by atoms with Crippen molar-refractivity contribution in [3.05, 3.63) is 76.2 Å². The number of aromatic nitrogens is 2. The van der Waals surface area contributed by atoms with Crippen molar-refractivity contribution in [1.29, 1.82) is 0 Å². The first kappa shape index (κ1) is 15.4. The summed E-state index contributed by atoms with van der Waals surface area (Å²) in [5.74, 6) is -0.966. The van der Waals surface area contributed by atoms with E-state index in [1.807, 2.05) is 30.3 Å². The molecule has 0 saturated heterocycles. The van der Waals surface area contributed by atoms with Crippen LogP contribution < -0.4 is 16.4 Å². The third-order valence-electron chi connectivity index (χ3n) is 3.43. The van der Waals surface area contributed by atoms with Gasteiger partial charge in [-0.15, -0.1) is 0 Å². The minimum Gasteiger partial charge on any atom is -0.273 e. The first-order chi connectivity index (χ1) is 11.6. The summed E-state index contributed by atoms with van der Waals surface area (Å²) in [5, 5.41) is 6.81. The van der Waals surface area contributed by atoms with Crippen LogP contribution in [0.4, 0.5) is 0 Å². The van der Waals surface area contributed by atoms with Crippen LogP contribution in [0.25, 0.3) is 10.8 Å². The lowest BCUT2D eigenvalue weighted by atomic mass is 10.1. The highest BCUT2D eigenvalue weighted by Gasteiger charge is 2.14. The standard InChI is InChI=1S/C17H14N4O3/c22-14(10-11-6-2-1-3-7-11)18-21-17(24)15-12-8-4-5-9-13(12)16(23)20-19-15/h1-9H,10H2,(H,18,22)(H,20,23)(H,21,24). The van der Waals surface area contributed by atoms with E-state index < -0.39 is 5.91 Å². The smallest absolute Gasteiger partial charge is 0.273 e. The molecule has 120 valence electrons. The molecule has 1 aromatic heterocycles. The Hall–Kier alpha value is -3.48. The Morgan fingerprint density at radius 3 is 2.33 bits per heavy atom. The van der Waals surface area contributed by atoms with Crippen LogP contribution in [0.1, 0.15) is 16.1 Å². The highest BCUT2D eigenvalue weighted by Crippen LogP contribution is 2.11. The van der Waals surface area contributed by atoms with Gasteiger partial charge >= 0.3 is 0 Å². The molecule has 24 heavy (non-hydrogen) atoms. The predicted octanol–water partition coefficient (Wildman–Crippen LogP) is 0.927. The van der Waals surface area contributed by atoms with Crippen LogP contribution in [0.3, 0.4) is 0 Å². The van der Waals surface area contributed by atoms with Gasteiger partial charge in [-0.25, -0.2) is 5.10 Å². The fraction of sp³-hybridized carbons (Fsp3) is 0.0588. The number of nitrogens with zero attached hydrogens (tertiary/aromatic N) is 1. The lowest BCUT2D eigenvalue weighted by molar-refractivity contribution is -0.121. The topological polar surface area (TPSA) is 104 Å². The Balaban J connectivity index is 1.71. The van der Waals surface area contributed by atoms with Crippen LogP contribution in [0.15, 0.2) is 59.4 Å². The van der Waals surface area contributed by atoms with E-state index >= 15 is 0 Å². The van der Waals surface area contributed by atoms with Gasteiger partial charge in [0.1, 0.15) is 0 Å². The summed E-state index contributed by atoms with van der Waals surface area (Å²) in [6, 6.07) is 15.8. The summed E-state index contributed by atoms with van der Waals surface area (Å²) in [7, 11) is 0. The van der Waals surface area contributed by atoms with Crippen LogP contribution >= 0.6 is 0 Å². The number of benzene rings is 2. The van der Waals surface area contributed by atoms with Gasteiger partial charge in [0.05, 0.1) is 11.8 Å². The van der Waals surface area contributed by atoms with Gasteiger partial charge in [0.2, 0.25) is 5.91 Å². The van der Waals surface area contributed by atoms with Crippen molar-refractivity contribution in [1.82, 2.24) is 21.0 Å². The molecule has 1 heterocycles. The van der Waals surface area contributed by atoms with E-state index in [4.69, 9.17) is 0 Å². The molecule has 0 atom stereocenters. The highest BCUT2D eigenvalue weighted by molar-refractivity contribution is 6.05. The second-order valence-electron chi connectivity index (χ2n) is 5.11. The molecule has 0 aliphatic carbocycles. The summed E-state index contributed by atoms with van der Waals surface area (Å²) in [5.41, 5.74) is 5.13. The average molecular weight is 322 g/mol. The van der Waals surface area contributed by atoms with Gasteiger partial charge in [0, 0.05) is 5.39 Å². The number of carbonyl (C=O) groups excluding carboxylic acids is 2. The monoisotopic (exact) mass is 322 g/mol. The number of rotatable bonds is 3. The van der Waals surface area contributed by atoms with Crippen LogP contribution in [0.2, 0.25) is 0 Å². The van der Waals surface area contributed by atoms with Gasteiger partial charge < -0.3 is 0 Å². The summed E-state index contributed by atoms with van der Waals surface area (Å²) in [6.07, 6.45) is 0.140. The van der Waals surface area contributed by atoms with Crippen molar-refractivity contribution in [3.63, 3.8) is 0 Å².